The molecule has 3 heteroatoms. The van der Waals surface area contributed by atoms with E-state index in [2.05, 4.69) is 41.7 Å². The third kappa shape index (κ3) is 1.78. The van der Waals surface area contributed by atoms with E-state index in [9.17, 15) is 0 Å². The van der Waals surface area contributed by atoms with Gasteiger partial charge in [0.15, 0.2) is 0 Å². The number of aromatic nitrogens is 1. The molecule has 0 unspecified atom stereocenters. The van der Waals surface area contributed by atoms with Crippen molar-refractivity contribution in [3.8, 4) is 0 Å². The number of hydrogen-bond acceptors (Lipinski definition) is 2. The van der Waals surface area contributed by atoms with Gasteiger partial charge < -0.3 is 5.73 Å². The summed E-state index contributed by atoms with van der Waals surface area (Å²) in [6.07, 6.45) is 1.74. The predicted molar refractivity (Wildman–Crippen MR) is 55.0 cm³/mol. The van der Waals surface area contributed by atoms with Gasteiger partial charge in [0.1, 0.15) is 0 Å². The minimum absolute atomic E-state index is 0.0359. The number of halogens is 1. The van der Waals surface area contributed by atoms with E-state index in [4.69, 9.17) is 5.73 Å². The summed E-state index contributed by atoms with van der Waals surface area (Å²) in [6.45, 7) is 6.33. The second-order valence-electron chi connectivity index (χ2n) is 3.81. The zero-order chi connectivity index (χ0) is 9.35. The molecule has 66 valence electrons. The lowest BCUT2D eigenvalue weighted by molar-refractivity contribution is 0.566. The highest BCUT2D eigenvalue weighted by Crippen LogP contribution is 2.30. The smallest absolute Gasteiger partial charge is 0.0625 e. The second kappa shape index (κ2) is 3.05. The van der Waals surface area contributed by atoms with E-state index in [0.717, 1.165) is 15.9 Å². The first-order valence-electron chi connectivity index (χ1n) is 3.83. The Hall–Kier alpha value is -0.570. The lowest BCUT2D eigenvalue weighted by Crippen LogP contribution is -2.14. The average Bonchev–Trinajstić information content (AvgIpc) is 1.92. The summed E-state index contributed by atoms with van der Waals surface area (Å²) in [7, 11) is 0. The van der Waals surface area contributed by atoms with Gasteiger partial charge in [-0.1, -0.05) is 20.8 Å². The molecule has 0 fully saturated rings. The summed E-state index contributed by atoms with van der Waals surface area (Å²) < 4.78 is 0.914. The first-order valence-corrected chi connectivity index (χ1v) is 4.62. The number of nitrogens with two attached hydrogens (primary N) is 1. The van der Waals surface area contributed by atoms with Crippen LogP contribution in [0.2, 0.25) is 0 Å². The Morgan fingerprint density at radius 3 is 2.42 bits per heavy atom. The molecule has 1 aromatic rings. The van der Waals surface area contributed by atoms with E-state index >= 15 is 0 Å². The molecule has 0 saturated carbocycles. The number of nitrogens with zero attached hydrogens (tertiary/aromatic N) is 1. The van der Waals surface area contributed by atoms with Crippen LogP contribution in [0.25, 0.3) is 0 Å². The van der Waals surface area contributed by atoms with E-state index in [0.29, 0.717) is 0 Å². The maximum Gasteiger partial charge on any atom is 0.0625 e. The van der Waals surface area contributed by atoms with Gasteiger partial charge in [-0.3, -0.25) is 4.98 Å². The highest BCUT2D eigenvalue weighted by atomic mass is 79.9. The van der Waals surface area contributed by atoms with E-state index in [1.165, 1.54) is 0 Å². The van der Waals surface area contributed by atoms with Gasteiger partial charge in [0.2, 0.25) is 0 Å². The average molecular weight is 229 g/mol. The molecule has 0 saturated heterocycles. The van der Waals surface area contributed by atoms with Crippen molar-refractivity contribution in [2.24, 2.45) is 0 Å². The number of hydrogen-bond donors (Lipinski definition) is 1. The Balaban J connectivity index is 3.26. The topological polar surface area (TPSA) is 38.9 Å². The maximum atomic E-state index is 5.73. The predicted octanol–water partition coefficient (Wildman–Crippen LogP) is 2.72. The Kier molecular flexibility index (Phi) is 2.42. The number of rotatable bonds is 0. The second-order valence-corrected chi connectivity index (χ2v) is 4.61. The largest absolute Gasteiger partial charge is 0.398 e. The van der Waals surface area contributed by atoms with Crippen LogP contribution in [0, 0.1) is 0 Å². The minimum Gasteiger partial charge on any atom is -0.398 e. The molecule has 0 radical (unpaired) electrons. The molecule has 2 N–H and O–H groups in total. The van der Waals surface area contributed by atoms with E-state index < -0.39 is 0 Å². The molecule has 0 atom stereocenters. The fraction of sp³-hybridized carbons (Fsp3) is 0.444. The highest BCUT2D eigenvalue weighted by Gasteiger charge is 2.19. The molecule has 1 rings (SSSR count). The number of pyridine rings is 1. The summed E-state index contributed by atoms with van der Waals surface area (Å²) in [5.41, 5.74) is 7.51. The van der Waals surface area contributed by atoms with Crippen LogP contribution in [-0.2, 0) is 5.41 Å². The van der Waals surface area contributed by atoms with Crippen molar-refractivity contribution in [3.05, 3.63) is 22.4 Å². The summed E-state index contributed by atoms with van der Waals surface area (Å²) in [4.78, 5) is 4.28. The molecule has 0 aliphatic rings. The Morgan fingerprint density at radius 1 is 1.42 bits per heavy atom. The lowest BCUT2D eigenvalue weighted by Gasteiger charge is -2.19. The number of anilines is 1. The molecular formula is C9H13BrN2. The standard InChI is InChI=1S/C9H13BrN2/c1-9(2,3)8-7(10)6(11)4-5-12-8/h4-5H,1-3H3,(H2,11,12). The van der Waals surface area contributed by atoms with Gasteiger partial charge in [0.25, 0.3) is 0 Å². The zero-order valence-electron chi connectivity index (χ0n) is 7.56. The van der Waals surface area contributed by atoms with Crippen molar-refractivity contribution in [1.29, 1.82) is 0 Å². The molecule has 0 aliphatic carbocycles. The van der Waals surface area contributed by atoms with E-state index in [-0.39, 0.29) is 5.41 Å². The zero-order valence-corrected chi connectivity index (χ0v) is 9.14. The maximum absolute atomic E-state index is 5.73. The fourth-order valence-electron chi connectivity index (χ4n) is 0.982. The van der Waals surface area contributed by atoms with Crippen molar-refractivity contribution >= 4 is 21.6 Å². The Bertz CT molecular complexity index is 289. The summed E-state index contributed by atoms with van der Waals surface area (Å²) in [6, 6.07) is 1.79. The van der Waals surface area contributed by atoms with Crippen LogP contribution in [-0.4, -0.2) is 4.98 Å². The third-order valence-corrected chi connectivity index (χ3v) is 2.46. The third-order valence-electron chi connectivity index (χ3n) is 1.63. The summed E-state index contributed by atoms with van der Waals surface area (Å²) in [5, 5.41) is 0. The van der Waals surface area contributed by atoms with E-state index in [1.54, 1.807) is 12.3 Å². The van der Waals surface area contributed by atoms with Gasteiger partial charge >= 0.3 is 0 Å². The minimum atomic E-state index is 0.0359. The first-order chi connectivity index (χ1) is 5.43. The Morgan fingerprint density at radius 2 is 2.00 bits per heavy atom. The van der Waals surface area contributed by atoms with Crippen molar-refractivity contribution in [3.63, 3.8) is 0 Å². The van der Waals surface area contributed by atoms with Crippen LogP contribution in [0.1, 0.15) is 26.5 Å². The molecule has 2 nitrogen and oxygen atoms in total. The first kappa shape index (κ1) is 9.52. The molecule has 1 aromatic heterocycles. The van der Waals surface area contributed by atoms with Crippen LogP contribution in [0.3, 0.4) is 0 Å². The fourth-order valence-corrected chi connectivity index (χ4v) is 1.81. The van der Waals surface area contributed by atoms with Crippen molar-refractivity contribution in [1.82, 2.24) is 4.98 Å². The van der Waals surface area contributed by atoms with Crippen LogP contribution in [0.15, 0.2) is 16.7 Å². The van der Waals surface area contributed by atoms with Crippen LogP contribution >= 0.6 is 15.9 Å². The summed E-state index contributed by atoms with van der Waals surface area (Å²) in [5.74, 6) is 0. The van der Waals surface area contributed by atoms with Crippen molar-refractivity contribution in [2.75, 3.05) is 5.73 Å². The van der Waals surface area contributed by atoms with Gasteiger partial charge in [-0.15, -0.1) is 0 Å². The Labute approximate surface area is 81.3 Å². The molecule has 0 aliphatic heterocycles. The van der Waals surface area contributed by atoms with Crippen LogP contribution < -0.4 is 5.73 Å². The lowest BCUT2D eigenvalue weighted by atomic mass is 9.91. The molecule has 0 spiro atoms. The van der Waals surface area contributed by atoms with Gasteiger partial charge in [0, 0.05) is 17.3 Å². The molecule has 0 aromatic carbocycles. The summed E-state index contributed by atoms with van der Waals surface area (Å²) >= 11 is 3.43. The molecule has 1 heterocycles. The normalized spacial score (nSPS) is 11.7. The molecule has 0 bridgehead atoms. The van der Waals surface area contributed by atoms with E-state index in [1.807, 2.05) is 0 Å². The quantitative estimate of drug-likeness (QED) is 0.742. The van der Waals surface area contributed by atoms with Gasteiger partial charge in [-0.2, -0.15) is 0 Å². The van der Waals surface area contributed by atoms with Crippen molar-refractivity contribution < 1.29 is 0 Å². The molecule has 12 heavy (non-hydrogen) atoms. The van der Waals surface area contributed by atoms with Crippen molar-refractivity contribution in [2.45, 2.75) is 26.2 Å². The van der Waals surface area contributed by atoms with Gasteiger partial charge in [0.05, 0.1) is 10.2 Å². The van der Waals surface area contributed by atoms with Crippen LogP contribution in [0.5, 0.6) is 0 Å². The SMILES string of the molecule is CC(C)(C)c1nccc(N)c1Br. The van der Waals surface area contributed by atoms with Gasteiger partial charge in [-0.05, 0) is 22.0 Å². The molecule has 0 amide bonds. The van der Waals surface area contributed by atoms with Gasteiger partial charge in [-0.25, -0.2) is 0 Å². The van der Waals surface area contributed by atoms with Crippen LogP contribution in [0.4, 0.5) is 5.69 Å². The number of nitrogen functional groups attached to an aromatic ring is 1. The highest BCUT2D eigenvalue weighted by molar-refractivity contribution is 9.10. The monoisotopic (exact) mass is 228 g/mol. The molecular weight excluding hydrogens is 216 g/mol.